The van der Waals surface area contributed by atoms with Gasteiger partial charge >= 0.3 is 0 Å². The summed E-state index contributed by atoms with van der Waals surface area (Å²) in [4.78, 5) is 13.5. The number of aliphatic hydroxyl groups excluding tert-OH is 11. The first-order valence-electron chi connectivity index (χ1n) is 46.3. The molecule has 3 aliphatic heterocycles. The number of carbonyl (C=O) groups excluding carboxylic acids is 1. The van der Waals surface area contributed by atoms with Crippen molar-refractivity contribution in [2.75, 3.05) is 26.4 Å². The molecule has 0 aromatic rings. The molecule has 3 saturated heterocycles. The Labute approximate surface area is 697 Å². The molecule has 1 amide bonds. The van der Waals surface area contributed by atoms with E-state index in [1.807, 2.05) is 6.08 Å². The summed E-state index contributed by atoms with van der Waals surface area (Å²) >= 11 is 0. The predicted molar refractivity (Wildman–Crippen MR) is 466 cm³/mol. The fraction of sp³-hybridized carbons (Fsp3) is 0.781. The summed E-state index contributed by atoms with van der Waals surface area (Å²) in [5, 5.41) is 121. The van der Waals surface area contributed by atoms with Crippen LogP contribution in [0.3, 0.4) is 0 Å². The maximum atomic E-state index is 13.5. The second-order valence-corrected chi connectivity index (χ2v) is 32.4. The molecule has 19 nitrogen and oxygen atoms in total. The van der Waals surface area contributed by atoms with E-state index < -0.39 is 124 Å². The highest BCUT2D eigenvalue weighted by atomic mass is 16.8. The highest BCUT2D eigenvalue weighted by Gasteiger charge is 2.54. The maximum Gasteiger partial charge on any atom is 0.220 e. The Balaban J connectivity index is 1.33. The number of ether oxygens (including phenoxy) is 6. The molecule has 0 saturated carbocycles. The smallest absolute Gasteiger partial charge is 0.220 e. The zero-order valence-electron chi connectivity index (χ0n) is 71.7. The zero-order valence-corrected chi connectivity index (χ0v) is 71.7. The van der Waals surface area contributed by atoms with Crippen molar-refractivity contribution in [3.63, 3.8) is 0 Å². The van der Waals surface area contributed by atoms with Gasteiger partial charge < -0.3 is 89.9 Å². The van der Waals surface area contributed by atoms with Gasteiger partial charge in [0.05, 0.1) is 38.6 Å². The molecule has 0 radical (unpaired) electrons. The van der Waals surface area contributed by atoms with E-state index in [9.17, 15) is 61.0 Å². The first kappa shape index (κ1) is 105. The molecule has 3 heterocycles. The molecule has 3 rings (SSSR count). The lowest BCUT2D eigenvalue weighted by Crippen LogP contribution is -2.66. The van der Waals surface area contributed by atoms with Crippen LogP contribution in [-0.2, 0) is 33.2 Å². The predicted octanol–water partition coefficient (Wildman–Crippen LogP) is 18.2. The van der Waals surface area contributed by atoms with Crippen LogP contribution in [0.5, 0.6) is 0 Å². The van der Waals surface area contributed by atoms with E-state index in [4.69, 9.17) is 28.4 Å². The Morgan fingerprint density at radius 3 is 0.974 bits per heavy atom. The minimum atomic E-state index is -1.99. The van der Waals surface area contributed by atoms with Gasteiger partial charge in [0.1, 0.15) is 73.2 Å². The molecule has 19 heteroatoms. The normalized spacial score (nSPS) is 25.2. The first-order valence-corrected chi connectivity index (χ1v) is 46.3. The van der Waals surface area contributed by atoms with E-state index in [1.165, 1.54) is 212 Å². The van der Waals surface area contributed by atoms with Crippen LogP contribution in [0.2, 0.25) is 0 Å². The van der Waals surface area contributed by atoms with Gasteiger partial charge in [0, 0.05) is 6.42 Å². The average molecular weight is 1620 g/mol. The van der Waals surface area contributed by atoms with Crippen molar-refractivity contribution in [3.8, 4) is 0 Å². The van der Waals surface area contributed by atoms with Crippen LogP contribution >= 0.6 is 0 Å². The Hall–Kier alpha value is -3.81. The standard InChI is InChI=1S/C96H167NO18/c1-3-5-7-9-11-13-15-17-19-21-23-25-27-29-31-33-35-36-37-38-39-40-41-42-44-46-48-50-52-54-56-58-60-62-64-66-68-70-72-74-84(102)97-79(80(101)73-71-69-67-65-63-61-59-57-55-53-51-49-47-45-43-34-32-30-28-26-24-22-20-18-16-14-12-10-8-6-4-2)78-110-94-90(108)87(105)92(82(76-99)112-94)115-96-91(109)88(106)93(83(77-100)113-96)114-95-89(107)86(104)85(103)81(75-98)111-95/h5,7,11,13,17,19,23,25,29,31,35-36,38-39,41-42,63,65,71,73,79-83,85-96,98-101,103-109H,3-4,6,8-10,12,14-16,18,20-22,24,26-28,30,32-34,37,40,43-62,64,66-70,72,74-78H2,1-2H3,(H,97,102)/b7-5-,13-11-,19-17-,25-23-,31-29-,36-35-,39-38-,42-41-,65-63+,73-71+. The van der Waals surface area contributed by atoms with Crippen LogP contribution < -0.4 is 5.32 Å². The number of carbonyl (C=O) groups is 1. The van der Waals surface area contributed by atoms with Gasteiger partial charge in [-0.2, -0.15) is 0 Å². The minimum Gasteiger partial charge on any atom is -0.394 e. The largest absolute Gasteiger partial charge is 0.394 e. The number of nitrogens with one attached hydrogen (secondary N) is 1. The Kier molecular flexibility index (Phi) is 67.9. The number of hydrogen-bond acceptors (Lipinski definition) is 18. The summed E-state index contributed by atoms with van der Waals surface area (Å²) < 4.78 is 34.5. The molecule has 0 spiro atoms. The minimum absolute atomic E-state index is 0.229. The van der Waals surface area contributed by atoms with Crippen molar-refractivity contribution < 1.29 is 89.4 Å². The molecule has 0 aromatic heterocycles. The monoisotopic (exact) mass is 1620 g/mol. The van der Waals surface area contributed by atoms with Crippen LogP contribution in [0.25, 0.3) is 0 Å². The van der Waals surface area contributed by atoms with Crippen molar-refractivity contribution >= 4 is 5.91 Å². The summed E-state index contributed by atoms with van der Waals surface area (Å²) in [6.45, 7) is 1.64. The fourth-order valence-corrected chi connectivity index (χ4v) is 14.9. The second-order valence-electron chi connectivity index (χ2n) is 32.4. The lowest BCUT2D eigenvalue weighted by atomic mass is 9.96. The summed E-state index contributed by atoms with van der Waals surface area (Å²) in [5.41, 5.74) is 0. The summed E-state index contributed by atoms with van der Waals surface area (Å²) in [6.07, 6.45) is 79.2. The molecule has 3 aliphatic rings. The quantitative estimate of drug-likeness (QED) is 0.0199. The molecule has 17 unspecified atom stereocenters. The third kappa shape index (κ3) is 52.2. The maximum absolute atomic E-state index is 13.5. The van der Waals surface area contributed by atoms with Gasteiger partial charge in [-0.1, -0.05) is 367 Å². The van der Waals surface area contributed by atoms with Gasteiger partial charge in [-0.15, -0.1) is 0 Å². The highest BCUT2D eigenvalue weighted by molar-refractivity contribution is 5.76. The van der Waals surface area contributed by atoms with Crippen LogP contribution in [-0.4, -0.2) is 193 Å². The van der Waals surface area contributed by atoms with Gasteiger partial charge in [0.25, 0.3) is 0 Å². The Bertz CT molecular complexity index is 2550. The molecular weight excluding hydrogens is 1460 g/mol. The van der Waals surface area contributed by atoms with E-state index in [-0.39, 0.29) is 18.9 Å². The number of hydrogen-bond donors (Lipinski definition) is 12. The van der Waals surface area contributed by atoms with Crippen molar-refractivity contribution in [2.24, 2.45) is 0 Å². The van der Waals surface area contributed by atoms with Crippen molar-refractivity contribution in [1.29, 1.82) is 0 Å². The van der Waals surface area contributed by atoms with Crippen molar-refractivity contribution in [1.82, 2.24) is 5.32 Å². The van der Waals surface area contributed by atoms with E-state index in [0.29, 0.717) is 12.8 Å². The third-order valence-electron chi connectivity index (χ3n) is 22.2. The van der Waals surface area contributed by atoms with Crippen molar-refractivity contribution in [3.05, 3.63) is 122 Å². The van der Waals surface area contributed by atoms with E-state index in [1.54, 1.807) is 6.08 Å². The topological polar surface area (TPSA) is 307 Å². The Morgan fingerprint density at radius 1 is 0.322 bits per heavy atom. The number of unbranched alkanes of at least 4 members (excludes halogenated alkanes) is 40. The molecule has 664 valence electrons. The molecule has 0 aromatic carbocycles. The lowest BCUT2D eigenvalue weighted by molar-refractivity contribution is -0.379. The fourth-order valence-electron chi connectivity index (χ4n) is 14.9. The highest BCUT2D eigenvalue weighted by Crippen LogP contribution is 2.34. The molecule has 17 atom stereocenters. The Morgan fingerprint density at radius 2 is 0.609 bits per heavy atom. The lowest BCUT2D eigenvalue weighted by Gasteiger charge is -2.48. The molecule has 0 bridgehead atoms. The zero-order chi connectivity index (χ0) is 83.1. The average Bonchev–Trinajstić information content (AvgIpc) is 0.779. The number of allylic oxidation sites excluding steroid dienone is 19. The molecule has 3 fully saturated rings. The van der Waals surface area contributed by atoms with Gasteiger partial charge in [-0.05, 0) is 96.3 Å². The van der Waals surface area contributed by atoms with Crippen LogP contribution in [0.4, 0.5) is 0 Å². The van der Waals surface area contributed by atoms with Gasteiger partial charge in [0.2, 0.25) is 5.91 Å². The summed E-state index contributed by atoms with van der Waals surface area (Å²) in [7, 11) is 0. The van der Waals surface area contributed by atoms with Gasteiger partial charge in [0.15, 0.2) is 18.9 Å². The summed E-state index contributed by atoms with van der Waals surface area (Å²) in [6, 6.07) is -1.000. The van der Waals surface area contributed by atoms with E-state index in [0.717, 1.165) is 103 Å². The molecule has 115 heavy (non-hydrogen) atoms. The number of amides is 1. The van der Waals surface area contributed by atoms with Crippen LogP contribution in [0.1, 0.15) is 348 Å². The molecule has 0 aliphatic carbocycles. The van der Waals surface area contributed by atoms with Crippen molar-refractivity contribution in [2.45, 2.75) is 452 Å². The third-order valence-corrected chi connectivity index (χ3v) is 22.2. The van der Waals surface area contributed by atoms with Crippen LogP contribution in [0, 0.1) is 0 Å². The number of aliphatic hydroxyl groups is 11. The molecule has 12 N–H and O–H groups in total. The molecular formula is C96H167NO18. The van der Waals surface area contributed by atoms with Gasteiger partial charge in [-0.25, -0.2) is 0 Å². The van der Waals surface area contributed by atoms with E-state index in [2.05, 4.69) is 129 Å². The first-order chi connectivity index (χ1) is 56.3. The second kappa shape index (κ2) is 74.1. The van der Waals surface area contributed by atoms with E-state index >= 15 is 0 Å². The van der Waals surface area contributed by atoms with Crippen LogP contribution in [0.15, 0.2) is 122 Å². The number of rotatable bonds is 74. The van der Waals surface area contributed by atoms with Gasteiger partial charge in [-0.3, -0.25) is 4.79 Å². The SMILES string of the molecule is CC/C=C\C/C=C\C/C=C\C/C=C\C/C=C\C/C=C\C/C=C\C/C=C\CCCCCCCCCCCCCCCCC(=O)NC(COC1OC(CO)C(OC2OC(CO)C(OC3OC(CO)C(O)C(O)C3O)C(O)C2O)C(O)C1O)C(O)/C=C/CC/C=C/CCCCCCCCCCCCCCCCCCCCCCCCCCC. The summed E-state index contributed by atoms with van der Waals surface area (Å²) in [5.74, 6) is -0.286.